The second kappa shape index (κ2) is 7.07. The van der Waals surface area contributed by atoms with Gasteiger partial charge in [-0.05, 0) is 36.6 Å². The molecule has 2 heteroatoms. The first-order valence-corrected chi connectivity index (χ1v) is 5.76. The van der Waals surface area contributed by atoms with Crippen molar-refractivity contribution in [2.24, 2.45) is 0 Å². The molecule has 0 aliphatic carbocycles. The predicted octanol–water partition coefficient (Wildman–Crippen LogP) is 3.53. The molecule has 1 rings (SSSR count). The van der Waals surface area contributed by atoms with E-state index >= 15 is 0 Å². The third-order valence-corrected chi connectivity index (χ3v) is 2.39. The third kappa shape index (κ3) is 4.07. The highest BCUT2D eigenvalue weighted by atomic mass is 16.5. The quantitative estimate of drug-likeness (QED) is 0.654. The van der Waals surface area contributed by atoms with Gasteiger partial charge in [0, 0.05) is 6.61 Å². The molecule has 0 N–H and O–H groups in total. The van der Waals surface area contributed by atoms with Gasteiger partial charge in [-0.15, -0.1) is 0 Å². The van der Waals surface area contributed by atoms with E-state index in [1.807, 2.05) is 31.2 Å². The maximum atomic E-state index is 5.52. The first kappa shape index (κ1) is 12.8. The Morgan fingerprint density at radius 1 is 1.12 bits per heavy atom. The number of hydrogen-bond donors (Lipinski definition) is 0. The van der Waals surface area contributed by atoms with E-state index in [1.54, 1.807) is 0 Å². The summed E-state index contributed by atoms with van der Waals surface area (Å²) in [5, 5.41) is 0. The highest BCUT2D eigenvalue weighted by molar-refractivity contribution is 5.63. The molecule has 0 aliphatic heterocycles. The lowest BCUT2D eigenvalue weighted by Crippen LogP contribution is -2.06. The van der Waals surface area contributed by atoms with E-state index in [0.717, 1.165) is 24.4 Å². The van der Waals surface area contributed by atoms with Gasteiger partial charge in [0.15, 0.2) is 0 Å². The molecule has 1 aromatic carbocycles. The van der Waals surface area contributed by atoms with E-state index in [0.29, 0.717) is 13.2 Å². The van der Waals surface area contributed by atoms with Crippen LogP contribution in [0.15, 0.2) is 30.8 Å². The minimum atomic E-state index is 0.599. The summed E-state index contributed by atoms with van der Waals surface area (Å²) in [6, 6.07) is 8.04. The van der Waals surface area contributed by atoms with Gasteiger partial charge >= 0.3 is 0 Å². The molecule has 0 bridgehead atoms. The third-order valence-electron chi connectivity index (χ3n) is 2.39. The number of hydrogen-bond acceptors (Lipinski definition) is 2. The molecular formula is C14H20O2. The lowest BCUT2D eigenvalue weighted by atomic mass is 10.1. The average Bonchev–Trinajstić information content (AvgIpc) is 2.34. The average molecular weight is 220 g/mol. The van der Waals surface area contributed by atoms with E-state index in [2.05, 4.69) is 13.5 Å². The van der Waals surface area contributed by atoms with Crippen molar-refractivity contribution in [3.05, 3.63) is 36.4 Å². The first-order chi connectivity index (χ1) is 7.77. The van der Waals surface area contributed by atoms with Gasteiger partial charge in [-0.3, -0.25) is 0 Å². The van der Waals surface area contributed by atoms with Crippen LogP contribution in [0, 0.1) is 0 Å². The Morgan fingerprint density at radius 3 is 2.38 bits per heavy atom. The normalized spacial score (nSPS) is 10.1. The lowest BCUT2D eigenvalue weighted by Gasteiger charge is -2.07. The van der Waals surface area contributed by atoms with Crippen molar-refractivity contribution in [2.45, 2.75) is 20.3 Å². The van der Waals surface area contributed by atoms with Crippen molar-refractivity contribution in [3.8, 4) is 5.75 Å². The van der Waals surface area contributed by atoms with Gasteiger partial charge in [-0.25, -0.2) is 0 Å². The van der Waals surface area contributed by atoms with Gasteiger partial charge in [0.1, 0.15) is 12.4 Å². The predicted molar refractivity (Wildman–Crippen MR) is 67.8 cm³/mol. The summed E-state index contributed by atoms with van der Waals surface area (Å²) in [4.78, 5) is 0. The zero-order chi connectivity index (χ0) is 11.8. The van der Waals surface area contributed by atoms with Crippen molar-refractivity contribution in [1.29, 1.82) is 0 Å². The summed E-state index contributed by atoms with van der Waals surface area (Å²) in [6.07, 6.45) is 0.977. The Hall–Kier alpha value is -1.28. The van der Waals surface area contributed by atoms with E-state index in [1.165, 1.54) is 5.56 Å². The molecule has 88 valence electrons. The molecule has 0 heterocycles. The zero-order valence-corrected chi connectivity index (χ0v) is 10.2. The largest absolute Gasteiger partial charge is 0.491 e. The standard InChI is InChI=1S/C14H20O2/c1-4-12(3)13-6-8-14(9-7-13)16-11-10-15-5-2/h6-9H,3-5,10-11H2,1-2H3. The summed E-state index contributed by atoms with van der Waals surface area (Å²) in [6.45, 7) is 10.1. The van der Waals surface area contributed by atoms with E-state index in [4.69, 9.17) is 9.47 Å². The fourth-order valence-electron chi connectivity index (χ4n) is 1.35. The zero-order valence-electron chi connectivity index (χ0n) is 10.2. The number of ether oxygens (including phenoxy) is 2. The minimum absolute atomic E-state index is 0.599. The van der Waals surface area contributed by atoms with Crippen molar-refractivity contribution >= 4 is 5.57 Å². The minimum Gasteiger partial charge on any atom is -0.491 e. The Balaban J connectivity index is 2.42. The molecular weight excluding hydrogens is 200 g/mol. The monoisotopic (exact) mass is 220 g/mol. The highest BCUT2D eigenvalue weighted by Gasteiger charge is 1.97. The summed E-state index contributed by atoms with van der Waals surface area (Å²) < 4.78 is 10.7. The van der Waals surface area contributed by atoms with Crippen LogP contribution in [0.4, 0.5) is 0 Å². The maximum absolute atomic E-state index is 5.52. The fourth-order valence-corrected chi connectivity index (χ4v) is 1.35. The van der Waals surface area contributed by atoms with Crippen LogP contribution >= 0.6 is 0 Å². The molecule has 0 saturated heterocycles. The molecule has 2 nitrogen and oxygen atoms in total. The molecule has 16 heavy (non-hydrogen) atoms. The lowest BCUT2D eigenvalue weighted by molar-refractivity contribution is 0.110. The van der Waals surface area contributed by atoms with Crippen LogP contribution < -0.4 is 4.74 Å². The summed E-state index contributed by atoms with van der Waals surface area (Å²) in [5.74, 6) is 0.882. The van der Waals surface area contributed by atoms with Crippen LogP contribution in [0.3, 0.4) is 0 Å². The molecule has 0 aliphatic rings. The summed E-state index contributed by atoms with van der Waals surface area (Å²) in [7, 11) is 0. The Morgan fingerprint density at radius 2 is 1.81 bits per heavy atom. The Kier molecular flexibility index (Phi) is 5.65. The van der Waals surface area contributed by atoms with E-state index < -0.39 is 0 Å². The summed E-state index contributed by atoms with van der Waals surface area (Å²) >= 11 is 0. The molecule has 0 unspecified atom stereocenters. The smallest absolute Gasteiger partial charge is 0.119 e. The SMILES string of the molecule is C=C(CC)c1ccc(OCCOCC)cc1. The van der Waals surface area contributed by atoms with Gasteiger partial charge in [-0.2, -0.15) is 0 Å². The van der Waals surface area contributed by atoms with Gasteiger partial charge < -0.3 is 9.47 Å². The molecule has 0 aromatic heterocycles. The molecule has 0 atom stereocenters. The van der Waals surface area contributed by atoms with Crippen molar-refractivity contribution in [2.75, 3.05) is 19.8 Å². The van der Waals surface area contributed by atoms with Crippen molar-refractivity contribution < 1.29 is 9.47 Å². The molecule has 0 amide bonds. The van der Waals surface area contributed by atoms with E-state index in [9.17, 15) is 0 Å². The molecule has 0 radical (unpaired) electrons. The number of rotatable bonds is 7. The van der Waals surface area contributed by atoms with Crippen LogP contribution in [-0.2, 0) is 4.74 Å². The van der Waals surface area contributed by atoms with Crippen molar-refractivity contribution in [3.63, 3.8) is 0 Å². The summed E-state index contributed by atoms with van der Waals surface area (Å²) in [5.41, 5.74) is 2.33. The highest BCUT2D eigenvalue weighted by Crippen LogP contribution is 2.19. The topological polar surface area (TPSA) is 18.5 Å². The second-order valence-corrected chi connectivity index (χ2v) is 3.53. The Bertz CT molecular complexity index is 314. The van der Waals surface area contributed by atoms with Gasteiger partial charge in [-0.1, -0.05) is 25.6 Å². The van der Waals surface area contributed by atoms with Gasteiger partial charge in [0.25, 0.3) is 0 Å². The second-order valence-electron chi connectivity index (χ2n) is 3.53. The van der Waals surface area contributed by atoms with Gasteiger partial charge in [0.05, 0.1) is 6.61 Å². The van der Waals surface area contributed by atoms with Crippen LogP contribution in [0.2, 0.25) is 0 Å². The molecule has 0 saturated carbocycles. The van der Waals surface area contributed by atoms with Gasteiger partial charge in [0.2, 0.25) is 0 Å². The Labute approximate surface area is 97.9 Å². The number of benzene rings is 1. The fraction of sp³-hybridized carbons (Fsp3) is 0.429. The number of allylic oxidation sites excluding steroid dienone is 1. The van der Waals surface area contributed by atoms with Crippen LogP contribution in [-0.4, -0.2) is 19.8 Å². The van der Waals surface area contributed by atoms with Crippen molar-refractivity contribution in [1.82, 2.24) is 0 Å². The molecule has 1 aromatic rings. The van der Waals surface area contributed by atoms with Crippen LogP contribution in [0.25, 0.3) is 5.57 Å². The van der Waals surface area contributed by atoms with Crippen LogP contribution in [0.5, 0.6) is 5.75 Å². The first-order valence-electron chi connectivity index (χ1n) is 5.76. The molecule has 0 spiro atoms. The molecule has 0 fully saturated rings. The maximum Gasteiger partial charge on any atom is 0.119 e. The van der Waals surface area contributed by atoms with Crippen LogP contribution in [0.1, 0.15) is 25.8 Å². The van der Waals surface area contributed by atoms with E-state index in [-0.39, 0.29) is 0 Å².